The van der Waals surface area contributed by atoms with Crippen molar-refractivity contribution >= 4 is 5.91 Å². The molecule has 0 heterocycles. The Bertz CT molecular complexity index is 132. The third-order valence-electron chi connectivity index (χ3n) is 1.75. The lowest BCUT2D eigenvalue weighted by Gasteiger charge is -2.09. The van der Waals surface area contributed by atoms with Crippen LogP contribution in [0.2, 0.25) is 0 Å². The summed E-state index contributed by atoms with van der Waals surface area (Å²) < 4.78 is 0. The highest BCUT2D eigenvalue weighted by molar-refractivity contribution is 5.81. The lowest BCUT2D eigenvalue weighted by molar-refractivity contribution is -0.122. The zero-order valence-electron chi connectivity index (χ0n) is 6.48. The fraction of sp³-hybridized carbons (Fsp3) is 0.857. The van der Waals surface area contributed by atoms with E-state index in [9.17, 15) is 4.79 Å². The molecule has 0 aliphatic heterocycles. The fourth-order valence-corrected chi connectivity index (χ4v) is 0.685. The lowest BCUT2D eigenvalue weighted by Crippen LogP contribution is -2.41. The largest absolute Gasteiger partial charge is 0.352 e. The van der Waals surface area contributed by atoms with E-state index in [-0.39, 0.29) is 11.9 Å². The molecule has 1 fully saturated rings. The van der Waals surface area contributed by atoms with Crippen LogP contribution in [0.5, 0.6) is 0 Å². The van der Waals surface area contributed by atoms with Gasteiger partial charge in [-0.1, -0.05) is 0 Å². The minimum absolute atomic E-state index is 0.0550. The summed E-state index contributed by atoms with van der Waals surface area (Å²) in [5.74, 6) is 0.116. The summed E-state index contributed by atoms with van der Waals surface area (Å²) in [4.78, 5) is 11.1. The molecular formula is C7H14N2O. The number of amides is 1. The van der Waals surface area contributed by atoms with E-state index in [0.29, 0.717) is 6.04 Å². The van der Waals surface area contributed by atoms with Gasteiger partial charge in [-0.3, -0.25) is 4.79 Å². The predicted octanol–water partition coefficient (Wildman–Crippen LogP) is -0.127. The molecule has 1 atom stereocenters. The van der Waals surface area contributed by atoms with Gasteiger partial charge in [0.15, 0.2) is 0 Å². The molecule has 1 amide bonds. The van der Waals surface area contributed by atoms with E-state index in [0.717, 1.165) is 12.8 Å². The summed E-state index contributed by atoms with van der Waals surface area (Å²) in [6.07, 6.45) is 2.31. The van der Waals surface area contributed by atoms with Crippen molar-refractivity contribution < 1.29 is 4.79 Å². The molecular weight excluding hydrogens is 128 g/mol. The van der Waals surface area contributed by atoms with Gasteiger partial charge < -0.3 is 10.6 Å². The Kier molecular flexibility index (Phi) is 2.27. The number of nitrogens with one attached hydrogen (secondary N) is 2. The molecule has 10 heavy (non-hydrogen) atoms. The first-order valence-electron chi connectivity index (χ1n) is 3.71. The van der Waals surface area contributed by atoms with Crippen molar-refractivity contribution in [2.45, 2.75) is 31.8 Å². The molecule has 0 bridgehead atoms. The quantitative estimate of drug-likeness (QED) is 0.576. The Morgan fingerprint density at radius 1 is 1.60 bits per heavy atom. The van der Waals surface area contributed by atoms with Crippen molar-refractivity contribution in [1.82, 2.24) is 10.6 Å². The van der Waals surface area contributed by atoms with Crippen LogP contribution < -0.4 is 10.6 Å². The van der Waals surface area contributed by atoms with Gasteiger partial charge in [-0.15, -0.1) is 0 Å². The summed E-state index contributed by atoms with van der Waals surface area (Å²) in [6, 6.07) is 0.420. The lowest BCUT2D eigenvalue weighted by atomic mass is 10.3. The van der Waals surface area contributed by atoms with Crippen LogP contribution in [0, 0.1) is 0 Å². The van der Waals surface area contributed by atoms with Crippen molar-refractivity contribution in [2.24, 2.45) is 0 Å². The molecule has 0 aromatic rings. The van der Waals surface area contributed by atoms with Crippen LogP contribution in [-0.2, 0) is 4.79 Å². The molecule has 3 nitrogen and oxygen atoms in total. The number of likely N-dealkylation sites (N-methyl/N-ethyl adjacent to an activating group) is 1. The van der Waals surface area contributed by atoms with Gasteiger partial charge in [-0.05, 0) is 26.8 Å². The molecule has 0 aromatic carbocycles. The van der Waals surface area contributed by atoms with Crippen molar-refractivity contribution in [3.8, 4) is 0 Å². The van der Waals surface area contributed by atoms with Gasteiger partial charge in [-0.2, -0.15) is 0 Å². The van der Waals surface area contributed by atoms with E-state index in [1.54, 1.807) is 7.05 Å². The Morgan fingerprint density at radius 2 is 2.20 bits per heavy atom. The third kappa shape index (κ3) is 1.99. The van der Waals surface area contributed by atoms with Crippen LogP contribution in [0.25, 0.3) is 0 Å². The van der Waals surface area contributed by atoms with Crippen LogP contribution in [0.15, 0.2) is 0 Å². The van der Waals surface area contributed by atoms with E-state index in [4.69, 9.17) is 0 Å². The highest BCUT2D eigenvalue weighted by Gasteiger charge is 2.24. The molecule has 1 aliphatic carbocycles. The van der Waals surface area contributed by atoms with Crippen LogP contribution in [0.4, 0.5) is 0 Å². The maximum absolute atomic E-state index is 11.1. The molecule has 1 saturated carbocycles. The topological polar surface area (TPSA) is 41.1 Å². The molecule has 2 N–H and O–H groups in total. The number of hydrogen-bond donors (Lipinski definition) is 2. The molecule has 1 aliphatic rings. The van der Waals surface area contributed by atoms with Gasteiger partial charge in [0, 0.05) is 6.04 Å². The average Bonchev–Trinajstić information content (AvgIpc) is 2.70. The van der Waals surface area contributed by atoms with Crippen LogP contribution >= 0.6 is 0 Å². The average molecular weight is 142 g/mol. The standard InChI is InChI=1S/C7H14N2O/c1-5(8-2)7(10)9-6-3-4-6/h5-6,8H,3-4H2,1-2H3,(H,9,10). The fourth-order valence-electron chi connectivity index (χ4n) is 0.685. The SMILES string of the molecule is CNC(C)C(=O)NC1CC1. The van der Waals surface area contributed by atoms with Crippen LogP contribution in [-0.4, -0.2) is 25.0 Å². The molecule has 0 saturated heterocycles. The Labute approximate surface area is 61.2 Å². The zero-order valence-corrected chi connectivity index (χ0v) is 6.48. The zero-order chi connectivity index (χ0) is 7.56. The summed E-state index contributed by atoms with van der Waals surface area (Å²) in [6.45, 7) is 1.86. The molecule has 3 heteroatoms. The van der Waals surface area contributed by atoms with Crippen molar-refractivity contribution in [3.05, 3.63) is 0 Å². The first kappa shape index (κ1) is 7.54. The van der Waals surface area contributed by atoms with Gasteiger partial charge in [-0.25, -0.2) is 0 Å². The second kappa shape index (κ2) is 3.01. The molecule has 58 valence electrons. The van der Waals surface area contributed by atoms with Gasteiger partial charge in [0.05, 0.1) is 6.04 Å². The van der Waals surface area contributed by atoms with E-state index in [1.165, 1.54) is 0 Å². The number of hydrogen-bond acceptors (Lipinski definition) is 2. The predicted molar refractivity (Wildman–Crippen MR) is 39.7 cm³/mol. The molecule has 1 unspecified atom stereocenters. The Hall–Kier alpha value is -0.570. The van der Waals surface area contributed by atoms with Crippen LogP contribution in [0.1, 0.15) is 19.8 Å². The highest BCUT2D eigenvalue weighted by atomic mass is 16.2. The van der Waals surface area contributed by atoms with Gasteiger partial charge >= 0.3 is 0 Å². The summed E-state index contributed by atoms with van der Waals surface area (Å²) in [5.41, 5.74) is 0. The van der Waals surface area contributed by atoms with Gasteiger partial charge in [0.2, 0.25) is 5.91 Å². The van der Waals surface area contributed by atoms with E-state index >= 15 is 0 Å². The molecule has 1 rings (SSSR count). The van der Waals surface area contributed by atoms with E-state index in [2.05, 4.69) is 10.6 Å². The second-order valence-corrected chi connectivity index (χ2v) is 2.79. The maximum Gasteiger partial charge on any atom is 0.237 e. The van der Waals surface area contributed by atoms with E-state index in [1.807, 2.05) is 6.92 Å². The number of carbonyl (C=O) groups excluding carboxylic acids is 1. The normalized spacial score (nSPS) is 20.2. The molecule has 0 radical (unpaired) electrons. The molecule has 0 spiro atoms. The van der Waals surface area contributed by atoms with Gasteiger partial charge in [0.25, 0.3) is 0 Å². The molecule has 0 aromatic heterocycles. The monoisotopic (exact) mass is 142 g/mol. The number of rotatable bonds is 3. The maximum atomic E-state index is 11.1. The summed E-state index contributed by atoms with van der Waals surface area (Å²) >= 11 is 0. The third-order valence-corrected chi connectivity index (χ3v) is 1.75. The minimum Gasteiger partial charge on any atom is -0.352 e. The first-order chi connectivity index (χ1) is 4.74. The van der Waals surface area contributed by atoms with Crippen LogP contribution in [0.3, 0.4) is 0 Å². The Morgan fingerprint density at radius 3 is 2.60 bits per heavy atom. The van der Waals surface area contributed by atoms with Gasteiger partial charge in [0.1, 0.15) is 0 Å². The highest BCUT2D eigenvalue weighted by Crippen LogP contribution is 2.18. The van der Waals surface area contributed by atoms with E-state index < -0.39 is 0 Å². The van der Waals surface area contributed by atoms with Crippen molar-refractivity contribution in [3.63, 3.8) is 0 Å². The van der Waals surface area contributed by atoms with Crippen molar-refractivity contribution in [2.75, 3.05) is 7.05 Å². The smallest absolute Gasteiger partial charge is 0.237 e. The Balaban J connectivity index is 2.18. The second-order valence-electron chi connectivity index (χ2n) is 2.79. The summed E-state index contributed by atoms with van der Waals surface area (Å²) in [7, 11) is 1.79. The number of carbonyl (C=O) groups is 1. The summed E-state index contributed by atoms with van der Waals surface area (Å²) in [5, 5.41) is 5.79. The first-order valence-corrected chi connectivity index (χ1v) is 3.71. The minimum atomic E-state index is -0.0550. The van der Waals surface area contributed by atoms with Crippen molar-refractivity contribution in [1.29, 1.82) is 0 Å².